The van der Waals surface area contributed by atoms with Crippen LogP contribution in [0, 0.1) is 5.82 Å². The van der Waals surface area contributed by atoms with Crippen molar-refractivity contribution < 1.29 is 45.2 Å². The number of halogens is 4. The number of hydrogen-bond donors (Lipinski definition) is 4. The van der Waals surface area contributed by atoms with Gasteiger partial charge in [0.1, 0.15) is 42.0 Å². The SMILES string of the molecule is CNS(=O)(=O)O[C@@H]1C[C@@H](Nc2ncncc2C(=O)c2ccn(Cc3cc(C(F)(F)F)ccc3F)n2)[C@H](O)[C@H]1O. The highest BCUT2D eigenvalue weighted by atomic mass is 32.2. The molecular formula is C22H22F4N6O6S. The second kappa shape index (κ2) is 10.9. The second-order valence-corrected chi connectivity index (χ2v) is 10.1. The minimum Gasteiger partial charge on any atom is -0.388 e. The van der Waals surface area contributed by atoms with Crippen molar-refractivity contribution in [3.05, 3.63) is 71.2 Å². The zero-order valence-corrected chi connectivity index (χ0v) is 20.8. The van der Waals surface area contributed by atoms with E-state index in [1.807, 2.05) is 4.72 Å². The van der Waals surface area contributed by atoms with Crippen LogP contribution in [-0.2, 0) is 27.2 Å². The Hall–Kier alpha value is -3.51. The predicted octanol–water partition coefficient (Wildman–Crippen LogP) is 0.866. The van der Waals surface area contributed by atoms with Crippen LogP contribution < -0.4 is 10.0 Å². The van der Waals surface area contributed by atoms with Gasteiger partial charge in [-0.3, -0.25) is 13.7 Å². The first kappa shape index (κ1) is 28.5. The van der Waals surface area contributed by atoms with Crippen molar-refractivity contribution in [3.63, 3.8) is 0 Å². The Balaban J connectivity index is 1.51. The molecular weight excluding hydrogens is 552 g/mol. The first-order valence-corrected chi connectivity index (χ1v) is 12.7. The summed E-state index contributed by atoms with van der Waals surface area (Å²) in [5.41, 5.74) is -1.59. The molecule has 0 unspecified atom stereocenters. The molecule has 4 atom stereocenters. The molecule has 1 aliphatic rings. The van der Waals surface area contributed by atoms with E-state index in [0.717, 1.165) is 24.3 Å². The van der Waals surface area contributed by atoms with Gasteiger partial charge in [0.2, 0.25) is 5.78 Å². The molecule has 0 radical (unpaired) electrons. The molecule has 1 saturated carbocycles. The number of anilines is 1. The fourth-order valence-corrected chi connectivity index (χ4v) is 4.59. The van der Waals surface area contributed by atoms with Gasteiger partial charge in [0.05, 0.1) is 23.7 Å². The first-order valence-electron chi connectivity index (χ1n) is 11.3. The number of carbonyl (C=O) groups is 1. The molecule has 3 aromatic rings. The van der Waals surface area contributed by atoms with Gasteiger partial charge in [0.25, 0.3) is 0 Å². The predicted molar refractivity (Wildman–Crippen MR) is 125 cm³/mol. The molecule has 0 spiro atoms. The number of nitrogens with zero attached hydrogens (tertiary/aromatic N) is 4. The number of nitrogens with one attached hydrogen (secondary N) is 2. The summed E-state index contributed by atoms with van der Waals surface area (Å²) >= 11 is 0. The highest BCUT2D eigenvalue weighted by Crippen LogP contribution is 2.31. The van der Waals surface area contributed by atoms with Crippen LogP contribution in [0.25, 0.3) is 0 Å². The topological polar surface area (TPSA) is 169 Å². The molecule has 210 valence electrons. The molecule has 0 saturated heterocycles. The van der Waals surface area contributed by atoms with E-state index >= 15 is 0 Å². The van der Waals surface area contributed by atoms with E-state index in [-0.39, 0.29) is 35.6 Å². The minimum atomic E-state index is -4.67. The van der Waals surface area contributed by atoms with Crippen LogP contribution in [0.2, 0.25) is 0 Å². The third-order valence-corrected chi connectivity index (χ3v) is 6.99. The lowest BCUT2D eigenvalue weighted by Gasteiger charge is -2.19. The number of rotatable bonds is 9. The van der Waals surface area contributed by atoms with E-state index < -0.39 is 58.0 Å². The third kappa shape index (κ3) is 6.39. The average molecular weight is 575 g/mol. The van der Waals surface area contributed by atoms with E-state index in [1.165, 1.54) is 12.3 Å². The molecule has 0 amide bonds. The lowest BCUT2D eigenvalue weighted by molar-refractivity contribution is -0.137. The molecule has 12 nitrogen and oxygen atoms in total. The van der Waals surface area contributed by atoms with Crippen LogP contribution in [0.1, 0.15) is 33.6 Å². The number of carbonyl (C=O) groups excluding carboxylic acids is 1. The van der Waals surface area contributed by atoms with Crippen LogP contribution in [0.15, 0.2) is 43.0 Å². The number of aromatic nitrogens is 4. The number of ketones is 1. The fraction of sp³-hybridized carbons (Fsp3) is 0.364. The van der Waals surface area contributed by atoms with Crippen LogP contribution in [0.3, 0.4) is 0 Å². The van der Waals surface area contributed by atoms with Crippen LogP contribution in [0.5, 0.6) is 0 Å². The van der Waals surface area contributed by atoms with Gasteiger partial charge in [-0.15, -0.1) is 0 Å². The third-order valence-electron chi connectivity index (χ3n) is 5.99. The smallest absolute Gasteiger partial charge is 0.388 e. The molecule has 1 aliphatic carbocycles. The maximum atomic E-state index is 14.1. The van der Waals surface area contributed by atoms with E-state index in [4.69, 9.17) is 4.18 Å². The van der Waals surface area contributed by atoms with Crippen LogP contribution in [0.4, 0.5) is 23.4 Å². The van der Waals surface area contributed by atoms with Crippen molar-refractivity contribution in [1.29, 1.82) is 0 Å². The van der Waals surface area contributed by atoms with Crippen molar-refractivity contribution in [2.45, 2.75) is 43.5 Å². The molecule has 17 heteroatoms. The Bertz CT molecular complexity index is 1470. The van der Waals surface area contributed by atoms with Gasteiger partial charge in [0.15, 0.2) is 0 Å². The van der Waals surface area contributed by atoms with Crippen molar-refractivity contribution in [2.24, 2.45) is 0 Å². The maximum Gasteiger partial charge on any atom is 0.416 e. The fourth-order valence-electron chi connectivity index (χ4n) is 3.98. The van der Waals surface area contributed by atoms with Gasteiger partial charge in [-0.05, 0) is 24.3 Å². The van der Waals surface area contributed by atoms with Gasteiger partial charge in [-0.2, -0.15) is 31.4 Å². The Kier molecular flexibility index (Phi) is 7.99. The summed E-state index contributed by atoms with van der Waals surface area (Å²) in [6, 6.07) is 2.27. The van der Waals surface area contributed by atoms with Crippen LogP contribution >= 0.6 is 0 Å². The largest absolute Gasteiger partial charge is 0.416 e. The van der Waals surface area contributed by atoms with Gasteiger partial charge < -0.3 is 15.5 Å². The Morgan fingerprint density at radius 2 is 1.97 bits per heavy atom. The van der Waals surface area contributed by atoms with Gasteiger partial charge in [-0.25, -0.2) is 14.4 Å². The monoisotopic (exact) mass is 574 g/mol. The molecule has 2 heterocycles. The summed E-state index contributed by atoms with van der Waals surface area (Å²) in [7, 11) is -3.05. The van der Waals surface area contributed by atoms with Crippen molar-refractivity contribution in [3.8, 4) is 0 Å². The summed E-state index contributed by atoms with van der Waals surface area (Å²) in [4.78, 5) is 20.9. The highest BCUT2D eigenvalue weighted by molar-refractivity contribution is 7.84. The normalized spacial score (nSPS) is 21.7. The Morgan fingerprint density at radius 1 is 1.23 bits per heavy atom. The second-order valence-electron chi connectivity index (χ2n) is 8.58. The summed E-state index contributed by atoms with van der Waals surface area (Å²) in [6.45, 7) is -0.386. The molecule has 39 heavy (non-hydrogen) atoms. The molecule has 4 rings (SSSR count). The molecule has 4 N–H and O–H groups in total. The lowest BCUT2D eigenvalue weighted by atomic mass is 10.1. The average Bonchev–Trinajstić information content (AvgIpc) is 3.45. The van der Waals surface area contributed by atoms with E-state index in [2.05, 4.69) is 20.4 Å². The Morgan fingerprint density at radius 3 is 2.67 bits per heavy atom. The summed E-state index contributed by atoms with van der Waals surface area (Å²) < 4.78 is 84.4. The number of hydrogen-bond acceptors (Lipinski definition) is 10. The molecule has 2 aromatic heterocycles. The highest BCUT2D eigenvalue weighted by Gasteiger charge is 2.44. The maximum absolute atomic E-state index is 14.1. The zero-order chi connectivity index (χ0) is 28.5. The van der Waals surface area contributed by atoms with Gasteiger partial charge >= 0.3 is 16.5 Å². The van der Waals surface area contributed by atoms with Crippen molar-refractivity contribution in [2.75, 3.05) is 12.4 Å². The van der Waals surface area contributed by atoms with E-state index in [9.17, 15) is 41.0 Å². The van der Waals surface area contributed by atoms with Gasteiger partial charge in [0, 0.05) is 31.4 Å². The summed E-state index contributed by atoms with van der Waals surface area (Å²) in [5.74, 6) is -1.65. The standard InChI is InChI=1S/C22H22F4N6O6S/c1-27-39(36,37)38-17-7-16(19(34)20(17)35)30-21-13(8-28-10-29-21)18(33)15-4-5-32(31-15)9-11-6-12(22(24,25)26)2-3-14(11)23/h2-6,8,10,16-17,19-20,27,34-35H,7,9H2,1H3,(H,28,29,30)/t16-,17-,19+,20+/m1/s1. The zero-order valence-electron chi connectivity index (χ0n) is 20.0. The Labute approximate surface area is 218 Å². The first-order chi connectivity index (χ1) is 18.3. The lowest BCUT2D eigenvalue weighted by Crippen LogP contribution is -2.38. The number of aliphatic hydroxyl groups is 2. The molecule has 0 bridgehead atoms. The van der Waals surface area contributed by atoms with Crippen molar-refractivity contribution in [1.82, 2.24) is 24.5 Å². The number of benzene rings is 1. The van der Waals surface area contributed by atoms with E-state index in [1.54, 1.807) is 0 Å². The molecule has 0 aliphatic heterocycles. The van der Waals surface area contributed by atoms with Crippen molar-refractivity contribution >= 4 is 21.9 Å². The van der Waals surface area contributed by atoms with Crippen LogP contribution in [-0.4, -0.2) is 75.6 Å². The number of aliphatic hydroxyl groups excluding tert-OH is 2. The minimum absolute atomic E-state index is 0.0677. The summed E-state index contributed by atoms with van der Waals surface area (Å²) in [5, 5.41) is 27.4. The molecule has 1 aromatic carbocycles. The number of alkyl halides is 3. The quantitative estimate of drug-likeness (QED) is 0.213. The van der Waals surface area contributed by atoms with E-state index in [0.29, 0.717) is 18.2 Å². The summed E-state index contributed by atoms with van der Waals surface area (Å²) in [6.07, 6.45) is -5.64. The van der Waals surface area contributed by atoms with Gasteiger partial charge in [-0.1, -0.05) is 0 Å². The molecule has 1 fully saturated rings.